The molecule has 2 aromatic carbocycles. The van der Waals surface area contributed by atoms with E-state index in [1.54, 1.807) is 18.3 Å². The van der Waals surface area contributed by atoms with Crippen LogP contribution in [0.3, 0.4) is 0 Å². The summed E-state index contributed by atoms with van der Waals surface area (Å²) in [5.41, 5.74) is 7.09. The van der Waals surface area contributed by atoms with Crippen molar-refractivity contribution in [2.75, 3.05) is 11.1 Å². The van der Waals surface area contributed by atoms with Gasteiger partial charge in [0.1, 0.15) is 0 Å². The van der Waals surface area contributed by atoms with Gasteiger partial charge in [0, 0.05) is 28.6 Å². The molecule has 0 atom stereocenters. The molecule has 0 spiro atoms. The van der Waals surface area contributed by atoms with Crippen molar-refractivity contribution in [1.29, 1.82) is 0 Å². The Kier molecular flexibility index (Phi) is 6.61. The Hall–Kier alpha value is -3.19. The number of pyridine rings is 1. The van der Waals surface area contributed by atoms with Crippen molar-refractivity contribution in [3.05, 3.63) is 65.4 Å². The zero-order valence-electron chi connectivity index (χ0n) is 16.5. The molecule has 0 aliphatic heterocycles. The first kappa shape index (κ1) is 20.5. The highest BCUT2D eigenvalue weighted by Crippen LogP contribution is 2.29. The molecule has 3 rings (SSSR count). The molecule has 0 fully saturated rings. The number of amides is 2. The molecule has 148 valence electrons. The van der Waals surface area contributed by atoms with Crippen LogP contribution in [-0.4, -0.2) is 28.8 Å². The molecule has 3 aromatic rings. The van der Waals surface area contributed by atoms with E-state index in [0.717, 1.165) is 32.6 Å². The summed E-state index contributed by atoms with van der Waals surface area (Å²) in [4.78, 5) is 28.8. The number of carbonyl (C=O) groups is 2. The Morgan fingerprint density at radius 3 is 2.62 bits per heavy atom. The number of nitrogens with one attached hydrogen (secondary N) is 2. The fourth-order valence-electron chi connectivity index (χ4n) is 2.81. The minimum atomic E-state index is -0.184. The summed E-state index contributed by atoms with van der Waals surface area (Å²) in [6, 6.07) is 15.2. The quantitative estimate of drug-likeness (QED) is 0.367. The number of aryl methyl sites for hydroxylation is 2. The third-order valence-corrected chi connectivity index (χ3v) is 5.18. The number of nitrogens with zero attached hydrogens (tertiary/aromatic N) is 2. The lowest BCUT2D eigenvalue weighted by atomic mass is 10.1. The first-order valence-corrected chi connectivity index (χ1v) is 10.1. The van der Waals surface area contributed by atoms with Crippen molar-refractivity contribution in [2.45, 2.75) is 25.7 Å². The molecule has 0 saturated heterocycles. The highest BCUT2D eigenvalue weighted by Gasteiger charge is 2.09. The van der Waals surface area contributed by atoms with Crippen LogP contribution < -0.4 is 10.7 Å². The second-order valence-corrected chi connectivity index (χ2v) is 7.64. The maximum absolute atomic E-state index is 12.2. The largest absolute Gasteiger partial charge is 0.326 e. The molecule has 7 heteroatoms. The Labute approximate surface area is 173 Å². The number of benzene rings is 2. The van der Waals surface area contributed by atoms with Gasteiger partial charge < -0.3 is 5.32 Å². The summed E-state index contributed by atoms with van der Waals surface area (Å²) in [6.07, 6.45) is 1.56. The Morgan fingerprint density at radius 1 is 1.14 bits per heavy atom. The standard InChI is InChI=1S/C22H22N4O2S/c1-14-5-4-6-19-20(11-15(2)24-22(14)19)29-13-21(28)26-23-12-17-7-9-18(10-8-17)25-16(3)27/h4-12H,13H2,1-3H3,(H,25,27)(H,26,28)/b23-12+. The number of rotatable bonds is 6. The van der Waals surface area contributed by atoms with E-state index in [4.69, 9.17) is 0 Å². The predicted octanol–water partition coefficient (Wildman–Crippen LogP) is 4.05. The van der Waals surface area contributed by atoms with Crippen LogP contribution in [0.15, 0.2) is 58.5 Å². The third-order valence-electron chi connectivity index (χ3n) is 4.12. The van der Waals surface area contributed by atoms with Crippen molar-refractivity contribution in [3.63, 3.8) is 0 Å². The number of hydrogen-bond acceptors (Lipinski definition) is 5. The molecule has 0 saturated carbocycles. The van der Waals surface area contributed by atoms with E-state index < -0.39 is 0 Å². The molecule has 1 aromatic heterocycles. The number of fused-ring (bicyclic) bond motifs is 1. The Balaban J connectivity index is 1.58. The Bertz CT molecular complexity index is 1080. The highest BCUT2D eigenvalue weighted by molar-refractivity contribution is 8.00. The topological polar surface area (TPSA) is 83.5 Å². The van der Waals surface area contributed by atoms with Crippen LogP contribution in [-0.2, 0) is 9.59 Å². The molecule has 6 nitrogen and oxygen atoms in total. The van der Waals surface area contributed by atoms with Gasteiger partial charge in [-0.15, -0.1) is 11.8 Å². The van der Waals surface area contributed by atoms with Gasteiger partial charge in [-0.25, -0.2) is 5.43 Å². The van der Waals surface area contributed by atoms with E-state index in [1.165, 1.54) is 18.7 Å². The first-order chi connectivity index (χ1) is 13.9. The molecule has 0 bridgehead atoms. The van der Waals surface area contributed by atoms with E-state index in [-0.39, 0.29) is 17.6 Å². The predicted molar refractivity (Wildman–Crippen MR) is 118 cm³/mol. The van der Waals surface area contributed by atoms with Crippen molar-refractivity contribution in [1.82, 2.24) is 10.4 Å². The van der Waals surface area contributed by atoms with Gasteiger partial charge in [-0.05, 0) is 43.2 Å². The number of carbonyl (C=O) groups excluding carboxylic acids is 2. The fraction of sp³-hybridized carbons (Fsp3) is 0.182. The van der Waals surface area contributed by atoms with Gasteiger partial charge in [-0.2, -0.15) is 5.10 Å². The van der Waals surface area contributed by atoms with Gasteiger partial charge in [0.2, 0.25) is 11.8 Å². The van der Waals surface area contributed by atoms with Crippen LogP contribution in [0.2, 0.25) is 0 Å². The first-order valence-electron chi connectivity index (χ1n) is 9.12. The summed E-state index contributed by atoms with van der Waals surface area (Å²) < 4.78 is 0. The number of hydrazone groups is 1. The summed E-state index contributed by atoms with van der Waals surface area (Å²) in [5.74, 6) is -0.0504. The number of aromatic nitrogens is 1. The molecule has 0 radical (unpaired) electrons. The minimum absolute atomic E-state index is 0.122. The molecule has 1 heterocycles. The minimum Gasteiger partial charge on any atom is -0.326 e. The van der Waals surface area contributed by atoms with E-state index in [0.29, 0.717) is 5.69 Å². The van der Waals surface area contributed by atoms with Crippen LogP contribution in [0.1, 0.15) is 23.7 Å². The summed E-state index contributed by atoms with van der Waals surface area (Å²) in [5, 5.41) is 7.75. The monoisotopic (exact) mass is 406 g/mol. The van der Waals surface area contributed by atoms with Crippen molar-refractivity contribution in [2.24, 2.45) is 5.10 Å². The van der Waals surface area contributed by atoms with Crippen molar-refractivity contribution < 1.29 is 9.59 Å². The zero-order chi connectivity index (χ0) is 20.8. The van der Waals surface area contributed by atoms with E-state index in [1.807, 2.05) is 50.2 Å². The number of thioether (sulfide) groups is 1. The Morgan fingerprint density at radius 2 is 1.90 bits per heavy atom. The summed E-state index contributed by atoms with van der Waals surface area (Å²) in [7, 11) is 0. The average Bonchev–Trinajstić information content (AvgIpc) is 2.68. The van der Waals surface area contributed by atoms with E-state index in [2.05, 4.69) is 20.8 Å². The zero-order valence-corrected chi connectivity index (χ0v) is 17.3. The fourth-order valence-corrected chi connectivity index (χ4v) is 3.74. The van der Waals surface area contributed by atoms with E-state index in [9.17, 15) is 9.59 Å². The van der Waals surface area contributed by atoms with Crippen LogP contribution >= 0.6 is 11.8 Å². The maximum Gasteiger partial charge on any atom is 0.250 e. The molecule has 29 heavy (non-hydrogen) atoms. The lowest BCUT2D eigenvalue weighted by molar-refractivity contribution is -0.118. The average molecular weight is 407 g/mol. The van der Waals surface area contributed by atoms with E-state index >= 15 is 0 Å². The van der Waals surface area contributed by atoms with Crippen molar-refractivity contribution in [3.8, 4) is 0 Å². The van der Waals surface area contributed by atoms with Gasteiger partial charge in [-0.3, -0.25) is 14.6 Å². The van der Waals surface area contributed by atoms with Crippen LogP contribution in [0.5, 0.6) is 0 Å². The smallest absolute Gasteiger partial charge is 0.250 e. The number of anilines is 1. The third kappa shape index (κ3) is 5.65. The molecule has 2 amide bonds. The van der Waals surface area contributed by atoms with Gasteiger partial charge in [0.25, 0.3) is 0 Å². The molecule has 2 N–H and O–H groups in total. The van der Waals surface area contributed by atoms with Crippen LogP contribution in [0.25, 0.3) is 10.9 Å². The molecule has 0 aliphatic rings. The molecule has 0 unspecified atom stereocenters. The van der Waals surface area contributed by atoms with Gasteiger partial charge >= 0.3 is 0 Å². The number of hydrogen-bond donors (Lipinski definition) is 2. The van der Waals surface area contributed by atoms with Crippen LogP contribution in [0, 0.1) is 13.8 Å². The summed E-state index contributed by atoms with van der Waals surface area (Å²) >= 11 is 1.47. The SMILES string of the molecule is CC(=O)Nc1ccc(/C=N/NC(=O)CSc2cc(C)nc3c(C)cccc23)cc1. The van der Waals surface area contributed by atoms with Crippen molar-refractivity contribution >= 4 is 46.4 Å². The normalized spacial score (nSPS) is 11.0. The van der Waals surface area contributed by atoms with Gasteiger partial charge in [-0.1, -0.05) is 30.3 Å². The number of para-hydroxylation sites is 1. The maximum atomic E-state index is 12.2. The highest BCUT2D eigenvalue weighted by atomic mass is 32.2. The lowest BCUT2D eigenvalue weighted by Gasteiger charge is -2.09. The molecular weight excluding hydrogens is 384 g/mol. The van der Waals surface area contributed by atoms with Gasteiger partial charge in [0.15, 0.2) is 0 Å². The molecule has 0 aliphatic carbocycles. The lowest BCUT2D eigenvalue weighted by Crippen LogP contribution is -2.19. The molecular formula is C22H22N4O2S. The van der Waals surface area contributed by atoms with Gasteiger partial charge in [0.05, 0.1) is 17.5 Å². The van der Waals surface area contributed by atoms with Crippen LogP contribution in [0.4, 0.5) is 5.69 Å². The second-order valence-electron chi connectivity index (χ2n) is 6.62. The summed E-state index contributed by atoms with van der Waals surface area (Å²) in [6.45, 7) is 5.45. The second kappa shape index (κ2) is 9.34.